The average Bonchev–Trinajstić information content (AvgIpc) is 2.69. The van der Waals surface area contributed by atoms with Gasteiger partial charge in [0.05, 0.1) is 0 Å². The maximum absolute atomic E-state index is 13.0. The van der Waals surface area contributed by atoms with Crippen LogP contribution in [-0.4, -0.2) is 37.4 Å². The summed E-state index contributed by atoms with van der Waals surface area (Å²) >= 11 is 0. The predicted octanol–water partition coefficient (Wildman–Crippen LogP) is 4.26. The Hall–Kier alpha value is -3.19. The van der Waals surface area contributed by atoms with Gasteiger partial charge in [-0.2, -0.15) is 0 Å². The van der Waals surface area contributed by atoms with Crippen molar-refractivity contribution in [2.75, 3.05) is 0 Å². The van der Waals surface area contributed by atoms with Gasteiger partial charge in [-0.3, -0.25) is 4.79 Å². The number of aliphatic hydroxyl groups is 1. The summed E-state index contributed by atoms with van der Waals surface area (Å²) < 4.78 is 5.73. The molecule has 2 atom stereocenters. The Morgan fingerprint density at radius 3 is 2.47 bits per heavy atom. The van der Waals surface area contributed by atoms with E-state index >= 15 is 0 Å². The standard InChI is InChI=1S/C25H28O7/c1-12-11-25(2,3)7-6-13(12)8-16-18(28)10-19-20(21(16)29)22(30)23(31)24(32-19)15-5-4-14(26)9-17(15)27/h4-5,9-10,23-24,26-29,31H,6-8,11H2,1-3H3. The van der Waals surface area contributed by atoms with Crippen molar-refractivity contribution in [3.63, 3.8) is 0 Å². The fraction of sp³-hybridized carbons (Fsp3) is 0.400. The largest absolute Gasteiger partial charge is 0.508 e. The fourth-order valence-electron chi connectivity index (χ4n) is 4.76. The number of allylic oxidation sites excluding steroid dienone is 2. The zero-order chi connectivity index (χ0) is 23.4. The molecule has 2 aromatic rings. The summed E-state index contributed by atoms with van der Waals surface area (Å²) in [6, 6.07) is 4.97. The first kappa shape index (κ1) is 22.0. The average molecular weight is 440 g/mol. The number of hydrogen-bond acceptors (Lipinski definition) is 7. The van der Waals surface area contributed by atoms with Crippen LogP contribution in [0.5, 0.6) is 28.7 Å². The zero-order valence-electron chi connectivity index (χ0n) is 18.3. The summed E-state index contributed by atoms with van der Waals surface area (Å²) in [4.78, 5) is 13.0. The second-order valence-corrected chi connectivity index (χ2v) is 9.59. The van der Waals surface area contributed by atoms with Gasteiger partial charge in [0.15, 0.2) is 12.2 Å². The van der Waals surface area contributed by atoms with Crippen molar-refractivity contribution in [2.45, 2.75) is 58.7 Å². The van der Waals surface area contributed by atoms with E-state index in [1.807, 2.05) is 0 Å². The van der Waals surface area contributed by atoms with Crippen LogP contribution in [0.3, 0.4) is 0 Å². The Morgan fingerprint density at radius 1 is 1.09 bits per heavy atom. The van der Waals surface area contributed by atoms with Gasteiger partial charge in [0.2, 0.25) is 5.78 Å². The minimum absolute atomic E-state index is 0.0768. The number of phenolic OH excluding ortho intramolecular Hbond substituents is 4. The number of hydrogen-bond donors (Lipinski definition) is 5. The van der Waals surface area contributed by atoms with Crippen LogP contribution < -0.4 is 4.74 Å². The molecule has 170 valence electrons. The third-order valence-electron chi connectivity index (χ3n) is 6.56. The number of aromatic hydroxyl groups is 4. The van der Waals surface area contributed by atoms with Crippen LogP contribution in [0.4, 0.5) is 0 Å². The molecule has 1 aliphatic carbocycles. The summed E-state index contributed by atoms with van der Waals surface area (Å²) in [5, 5.41) is 51.8. The van der Waals surface area contributed by atoms with Crippen LogP contribution in [0, 0.1) is 5.41 Å². The van der Waals surface area contributed by atoms with Crippen LogP contribution in [0.2, 0.25) is 0 Å². The van der Waals surface area contributed by atoms with Crippen molar-refractivity contribution in [1.82, 2.24) is 0 Å². The summed E-state index contributed by atoms with van der Waals surface area (Å²) in [7, 11) is 0. The van der Waals surface area contributed by atoms with Crippen molar-refractivity contribution < 1.29 is 35.1 Å². The number of benzene rings is 2. The molecule has 5 N–H and O–H groups in total. The Kier molecular flexibility index (Phi) is 5.33. The normalized spacial score (nSPS) is 22.4. The lowest BCUT2D eigenvalue weighted by atomic mass is 9.73. The van der Waals surface area contributed by atoms with Crippen molar-refractivity contribution >= 4 is 5.78 Å². The molecule has 0 saturated heterocycles. The van der Waals surface area contributed by atoms with Gasteiger partial charge in [-0.05, 0) is 43.7 Å². The number of Topliss-reactive ketones (excluding diaryl/α,β-unsaturated/α-hetero) is 1. The van der Waals surface area contributed by atoms with Gasteiger partial charge >= 0.3 is 0 Å². The minimum Gasteiger partial charge on any atom is -0.508 e. The summed E-state index contributed by atoms with van der Waals surface area (Å²) in [5.41, 5.74) is 2.68. The highest BCUT2D eigenvalue weighted by molar-refractivity contribution is 6.06. The third kappa shape index (κ3) is 3.77. The van der Waals surface area contributed by atoms with E-state index in [-0.39, 0.29) is 45.1 Å². The quantitative estimate of drug-likeness (QED) is 0.451. The molecule has 4 rings (SSSR count). The molecule has 32 heavy (non-hydrogen) atoms. The van der Waals surface area contributed by atoms with Gasteiger partial charge in [0, 0.05) is 29.7 Å². The van der Waals surface area contributed by atoms with Crippen molar-refractivity contribution in [3.8, 4) is 28.7 Å². The summed E-state index contributed by atoms with van der Waals surface area (Å²) in [5.74, 6) is -1.98. The molecule has 1 heterocycles. The molecule has 0 saturated carbocycles. The molecule has 7 heteroatoms. The first-order valence-corrected chi connectivity index (χ1v) is 10.6. The van der Waals surface area contributed by atoms with E-state index in [1.54, 1.807) is 0 Å². The van der Waals surface area contributed by atoms with Crippen molar-refractivity contribution in [2.24, 2.45) is 5.41 Å². The van der Waals surface area contributed by atoms with E-state index in [9.17, 15) is 30.3 Å². The molecular weight excluding hydrogens is 412 g/mol. The molecule has 1 aliphatic heterocycles. The SMILES string of the molecule is CC1=C(Cc2c(O)cc3c(c2O)C(=O)C(O)C(c2ccc(O)cc2O)O3)CCC(C)(C)C1. The third-order valence-corrected chi connectivity index (χ3v) is 6.56. The smallest absolute Gasteiger partial charge is 0.202 e. The lowest BCUT2D eigenvalue weighted by Crippen LogP contribution is -2.36. The van der Waals surface area contributed by atoms with Crippen LogP contribution in [0.15, 0.2) is 35.4 Å². The molecule has 0 aromatic heterocycles. The Morgan fingerprint density at radius 2 is 1.81 bits per heavy atom. The molecule has 2 aromatic carbocycles. The highest BCUT2D eigenvalue weighted by Crippen LogP contribution is 2.48. The van der Waals surface area contributed by atoms with Gasteiger partial charge in [0.25, 0.3) is 0 Å². The highest BCUT2D eigenvalue weighted by Gasteiger charge is 2.41. The van der Waals surface area contributed by atoms with E-state index in [2.05, 4.69) is 20.8 Å². The number of rotatable bonds is 3. The Labute approximate surface area is 186 Å². The second-order valence-electron chi connectivity index (χ2n) is 9.59. The van der Waals surface area contributed by atoms with E-state index < -0.39 is 23.7 Å². The van der Waals surface area contributed by atoms with Crippen LogP contribution >= 0.6 is 0 Å². The lowest BCUT2D eigenvalue weighted by Gasteiger charge is -2.33. The fourth-order valence-corrected chi connectivity index (χ4v) is 4.76. The van der Waals surface area contributed by atoms with E-state index in [0.29, 0.717) is 6.42 Å². The van der Waals surface area contributed by atoms with Crippen molar-refractivity contribution in [3.05, 3.63) is 52.1 Å². The van der Waals surface area contributed by atoms with E-state index in [4.69, 9.17) is 4.74 Å². The molecule has 0 radical (unpaired) electrons. The molecule has 0 fully saturated rings. The molecular formula is C25H28O7. The highest BCUT2D eigenvalue weighted by atomic mass is 16.5. The maximum Gasteiger partial charge on any atom is 0.202 e. The van der Waals surface area contributed by atoms with Crippen molar-refractivity contribution in [1.29, 1.82) is 0 Å². The number of carbonyl (C=O) groups is 1. The molecule has 2 aliphatic rings. The zero-order valence-corrected chi connectivity index (χ0v) is 18.3. The van der Waals surface area contributed by atoms with Crippen LogP contribution in [0.25, 0.3) is 0 Å². The number of fused-ring (bicyclic) bond motifs is 1. The monoisotopic (exact) mass is 440 g/mol. The van der Waals surface area contributed by atoms with Gasteiger partial charge in [0.1, 0.15) is 34.3 Å². The topological polar surface area (TPSA) is 127 Å². The number of ether oxygens (including phenoxy) is 1. The van der Waals surface area contributed by atoms with E-state index in [0.717, 1.165) is 30.9 Å². The second kappa shape index (κ2) is 7.74. The summed E-state index contributed by atoms with van der Waals surface area (Å²) in [6.45, 7) is 6.47. The minimum atomic E-state index is -1.68. The molecule has 0 bridgehead atoms. The molecule has 7 nitrogen and oxygen atoms in total. The van der Waals surface area contributed by atoms with Gasteiger partial charge < -0.3 is 30.3 Å². The first-order valence-electron chi connectivity index (χ1n) is 10.6. The first-order chi connectivity index (χ1) is 15.0. The molecule has 0 amide bonds. The molecule has 2 unspecified atom stereocenters. The Bertz CT molecular complexity index is 1130. The van der Waals surface area contributed by atoms with Gasteiger partial charge in [-0.1, -0.05) is 25.0 Å². The van der Waals surface area contributed by atoms with Gasteiger partial charge in [-0.25, -0.2) is 0 Å². The predicted molar refractivity (Wildman–Crippen MR) is 117 cm³/mol. The Balaban J connectivity index is 1.72. The maximum atomic E-state index is 13.0. The van der Waals surface area contributed by atoms with Crippen LogP contribution in [-0.2, 0) is 6.42 Å². The number of ketones is 1. The number of phenols is 4. The molecule has 0 spiro atoms. The van der Waals surface area contributed by atoms with Crippen LogP contribution in [0.1, 0.15) is 67.6 Å². The lowest BCUT2D eigenvalue weighted by molar-refractivity contribution is 0.0202. The van der Waals surface area contributed by atoms with Gasteiger partial charge in [-0.15, -0.1) is 0 Å². The number of aliphatic hydroxyl groups excluding tert-OH is 1. The summed E-state index contributed by atoms with van der Waals surface area (Å²) in [6.07, 6.45) is 0.115. The number of carbonyl (C=O) groups excluding carboxylic acids is 1. The van der Waals surface area contributed by atoms with E-state index in [1.165, 1.54) is 23.8 Å².